The molecule has 2 aromatic carbocycles. The SMILES string of the molecule is CCCCOc1ccc(C(O)C(C[NH+]2CCCC2)c2ccccc2)cc1. The number of rotatable bonds is 9. The van der Waals surface area contributed by atoms with Crippen molar-refractivity contribution in [2.75, 3.05) is 26.2 Å². The van der Waals surface area contributed by atoms with Gasteiger partial charge in [-0.05, 0) is 29.7 Å². The fourth-order valence-corrected chi connectivity index (χ4v) is 3.83. The first kappa shape index (κ1) is 18.9. The monoisotopic (exact) mass is 354 g/mol. The van der Waals surface area contributed by atoms with Crippen molar-refractivity contribution in [3.8, 4) is 5.75 Å². The van der Waals surface area contributed by atoms with Crippen molar-refractivity contribution in [3.63, 3.8) is 0 Å². The predicted octanol–water partition coefficient (Wildman–Crippen LogP) is 3.36. The highest BCUT2D eigenvalue weighted by molar-refractivity contribution is 5.31. The van der Waals surface area contributed by atoms with Crippen LogP contribution < -0.4 is 9.64 Å². The fourth-order valence-electron chi connectivity index (χ4n) is 3.83. The van der Waals surface area contributed by atoms with Gasteiger partial charge in [0.2, 0.25) is 0 Å². The summed E-state index contributed by atoms with van der Waals surface area (Å²) in [6.45, 7) is 6.35. The molecule has 3 rings (SSSR count). The molecule has 0 spiro atoms. The van der Waals surface area contributed by atoms with Crippen molar-refractivity contribution >= 4 is 0 Å². The van der Waals surface area contributed by atoms with Gasteiger partial charge in [0.1, 0.15) is 5.75 Å². The third-order valence-electron chi connectivity index (χ3n) is 5.42. The molecule has 2 atom stereocenters. The van der Waals surface area contributed by atoms with Gasteiger partial charge in [0.05, 0.1) is 38.3 Å². The molecule has 3 heteroatoms. The summed E-state index contributed by atoms with van der Waals surface area (Å²) in [7, 11) is 0. The number of hydrogen-bond donors (Lipinski definition) is 2. The van der Waals surface area contributed by atoms with Gasteiger partial charge in [-0.3, -0.25) is 0 Å². The average molecular weight is 355 g/mol. The molecular weight excluding hydrogens is 322 g/mol. The summed E-state index contributed by atoms with van der Waals surface area (Å²) < 4.78 is 5.75. The van der Waals surface area contributed by atoms with Gasteiger partial charge < -0.3 is 14.7 Å². The highest BCUT2D eigenvalue weighted by Gasteiger charge is 2.28. The Morgan fingerprint density at radius 2 is 1.65 bits per heavy atom. The highest BCUT2D eigenvalue weighted by atomic mass is 16.5. The zero-order chi connectivity index (χ0) is 18.2. The van der Waals surface area contributed by atoms with E-state index in [2.05, 4.69) is 31.2 Å². The van der Waals surface area contributed by atoms with Gasteiger partial charge in [-0.1, -0.05) is 55.8 Å². The molecule has 1 heterocycles. The number of unbranched alkanes of at least 4 members (excludes halogenated alkanes) is 1. The van der Waals surface area contributed by atoms with Crippen molar-refractivity contribution in [2.24, 2.45) is 0 Å². The largest absolute Gasteiger partial charge is 0.494 e. The van der Waals surface area contributed by atoms with Crippen molar-refractivity contribution in [1.82, 2.24) is 0 Å². The fraction of sp³-hybridized carbons (Fsp3) is 0.478. The van der Waals surface area contributed by atoms with Crippen molar-refractivity contribution in [3.05, 3.63) is 65.7 Å². The first-order valence-corrected chi connectivity index (χ1v) is 10.1. The molecule has 1 aliphatic heterocycles. The Morgan fingerprint density at radius 3 is 2.31 bits per heavy atom. The second kappa shape index (κ2) is 9.75. The topological polar surface area (TPSA) is 33.9 Å². The molecule has 140 valence electrons. The van der Waals surface area contributed by atoms with Crippen molar-refractivity contribution in [2.45, 2.75) is 44.6 Å². The number of ether oxygens (including phenoxy) is 1. The Hall–Kier alpha value is -1.84. The molecule has 2 unspecified atom stereocenters. The Balaban J connectivity index is 1.72. The van der Waals surface area contributed by atoms with E-state index in [0.29, 0.717) is 0 Å². The minimum Gasteiger partial charge on any atom is -0.494 e. The molecule has 26 heavy (non-hydrogen) atoms. The summed E-state index contributed by atoms with van der Waals surface area (Å²) in [5.74, 6) is 1.01. The van der Waals surface area contributed by atoms with Gasteiger partial charge in [-0.25, -0.2) is 0 Å². The van der Waals surface area contributed by atoms with Gasteiger partial charge >= 0.3 is 0 Å². The van der Waals surface area contributed by atoms with Crippen LogP contribution in [0.4, 0.5) is 0 Å². The van der Waals surface area contributed by atoms with E-state index in [1.54, 1.807) is 4.90 Å². The van der Waals surface area contributed by atoms with E-state index in [0.717, 1.165) is 37.3 Å². The molecule has 0 radical (unpaired) electrons. The normalized spacial score (nSPS) is 17.2. The number of hydrogen-bond acceptors (Lipinski definition) is 2. The van der Waals surface area contributed by atoms with Crippen LogP contribution in [-0.4, -0.2) is 31.3 Å². The minimum atomic E-state index is -0.491. The third kappa shape index (κ3) is 5.09. The van der Waals surface area contributed by atoms with Crippen LogP contribution in [0.2, 0.25) is 0 Å². The van der Waals surface area contributed by atoms with Gasteiger partial charge in [-0.15, -0.1) is 0 Å². The van der Waals surface area contributed by atoms with Crippen LogP contribution in [-0.2, 0) is 0 Å². The molecule has 2 aromatic rings. The second-order valence-corrected chi connectivity index (χ2v) is 7.39. The van der Waals surface area contributed by atoms with Crippen LogP contribution in [0.5, 0.6) is 5.75 Å². The van der Waals surface area contributed by atoms with E-state index < -0.39 is 6.10 Å². The number of nitrogens with one attached hydrogen (secondary N) is 1. The number of benzene rings is 2. The Morgan fingerprint density at radius 1 is 0.962 bits per heavy atom. The summed E-state index contributed by atoms with van der Waals surface area (Å²) in [4.78, 5) is 1.61. The number of aliphatic hydroxyl groups excluding tert-OH is 1. The smallest absolute Gasteiger partial charge is 0.119 e. The summed E-state index contributed by atoms with van der Waals surface area (Å²) in [6.07, 6.45) is 4.32. The number of likely N-dealkylation sites (tertiary alicyclic amines) is 1. The van der Waals surface area contributed by atoms with Gasteiger partial charge in [0.25, 0.3) is 0 Å². The standard InChI is InChI=1S/C23H31NO2/c1-2-3-17-26-21-13-11-20(12-14-21)23(25)22(18-24-15-7-8-16-24)19-9-5-4-6-10-19/h4-6,9-14,22-23,25H,2-3,7-8,15-18H2,1H3/p+1. The highest BCUT2D eigenvalue weighted by Crippen LogP contribution is 2.31. The zero-order valence-corrected chi connectivity index (χ0v) is 15.9. The van der Waals surface area contributed by atoms with E-state index >= 15 is 0 Å². The molecule has 1 aliphatic rings. The van der Waals surface area contributed by atoms with Crippen LogP contribution in [0.1, 0.15) is 55.8 Å². The summed E-state index contributed by atoms with van der Waals surface area (Å²) in [6, 6.07) is 18.5. The number of aliphatic hydroxyl groups is 1. The van der Waals surface area contributed by atoms with E-state index in [-0.39, 0.29) is 5.92 Å². The zero-order valence-electron chi connectivity index (χ0n) is 15.9. The molecule has 0 aromatic heterocycles. The molecule has 3 nitrogen and oxygen atoms in total. The molecule has 0 amide bonds. The summed E-state index contributed by atoms with van der Waals surface area (Å²) >= 11 is 0. The maximum atomic E-state index is 11.1. The van der Waals surface area contributed by atoms with Crippen LogP contribution in [0.25, 0.3) is 0 Å². The number of quaternary nitrogens is 1. The lowest BCUT2D eigenvalue weighted by Crippen LogP contribution is -3.10. The molecule has 2 N–H and O–H groups in total. The predicted molar refractivity (Wildman–Crippen MR) is 106 cm³/mol. The summed E-state index contributed by atoms with van der Waals surface area (Å²) in [5.41, 5.74) is 2.20. The van der Waals surface area contributed by atoms with Gasteiger partial charge in [0, 0.05) is 12.8 Å². The maximum absolute atomic E-state index is 11.1. The summed E-state index contributed by atoms with van der Waals surface area (Å²) in [5, 5.41) is 11.1. The van der Waals surface area contributed by atoms with Gasteiger partial charge in [0.15, 0.2) is 0 Å². The Kier molecular flexibility index (Phi) is 7.10. The molecule has 0 saturated carbocycles. The Bertz CT molecular complexity index is 635. The lowest BCUT2D eigenvalue weighted by Gasteiger charge is -2.26. The van der Waals surface area contributed by atoms with Crippen molar-refractivity contribution in [1.29, 1.82) is 0 Å². The lowest BCUT2D eigenvalue weighted by molar-refractivity contribution is -0.889. The first-order chi connectivity index (χ1) is 12.8. The molecular formula is C23H32NO2+. The molecule has 1 saturated heterocycles. The van der Waals surface area contributed by atoms with Gasteiger partial charge in [-0.2, -0.15) is 0 Å². The Labute approximate surface area is 157 Å². The molecule has 0 bridgehead atoms. The maximum Gasteiger partial charge on any atom is 0.119 e. The average Bonchev–Trinajstić information content (AvgIpc) is 3.20. The third-order valence-corrected chi connectivity index (χ3v) is 5.42. The van der Waals surface area contributed by atoms with E-state index in [9.17, 15) is 5.11 Å². The molecule has 1 fully saturated rings. The van der Waals surface area contributed by atoms with Crippen molar-refractivity contribution < 1.29 is 14.7 Å². The van der Waals surface area contributed by atoms with E-state index in [4.69, 9.17) is 4.74 Å². The molecule has 0 aliphatic carbocycles. The quantitative estimate of drug-likeness (QED) is 0.677. The van der Waals surface area contributed by atoms with Crippen LogP contribution in [0.15, 0.2) is 54.6 Å². The lowest BCUT2D eigenvalue weighted by atomic mass is 9.88. The van der Waals surface area contributed by atoms with Crippen LogP contribution >= 0.6 is 0 Å². The van der Waals surface area contributed by atoms with E-state index in [1.807, 2.05) is 30.3 Å². The second-order valence-electron chi connectivity index (χ2n) is 7.39. The minimum absolute atomic E-state index is 0.121. The van der Waals surface area contributed by atoms with Crippen LogP contribution in [0.3, 0.4) is 0 Å². The van der Waals surface area contributed by atoms with Crippen LogP contribution in [0, 0.1) is 0 Å². The first-order valence-electron chi connectivity index (χ1n) is 10.1. The van der Waals surface area contributed by atoms with E-state index in [1.165, 1.54) is 31.5 Å².